The molecule has 18 heavy (non-hydrogen) atoms. The van der Waals surface area contributed by atoms with Gasteiger partial charge in [-0.2, -0.15) is 0 Å². The summed E-state index contributed by atoms with van der Waals surface area (Å²) in [5.74, 6) is 0. The molecule has 0 radical (unpaired) electrons. The Bertz CT molecular complexity index is 235. The van der Waals surface area contributed by atoms with Gasteiger partial charge in [-0.05, 0) is 45.2 Å². The van der Waals surface area contributed by atoms with Crippen LogP contribution in [0.5, 0.6) is 0 Å². The molecular weight excluding hydrogens is 224 g/mol. The first-order valence-corrected chi connectivity index (χ1v) is 7.85. The largest absolute Gasteiger partial charge is 0.380 e. The van der Waals surface area contributed by atoms with Crippen molar-refractivity contribution in [1.82, 2.24) is 10.2 Å². The first-order valence-electron chi connectivity index (χ1n) is 7.85. The smallest absolute Gasteiger partial charge is 0.0698 e. The van der Waals surface area contributed by atoms with Gasteiger partial charge in [0.05, 0.1) is 6.10 Å². The van der Waals surface area contributed by atoms with E-state index in [1.54, 1.807) is 0 Å². The Morgan fingerprint density at radius 2 is 2.00 bits per heavy atom. The summed E-state index contributed by atoms with van der Waals surface area (Å²) in [7, 11) is 1.86. The van der Waals surface area contributed by atoms with Crippen LogP contribution in [0.4, 0.5) is 0 Å². The number of methoxy groups -OCH3 is 1. The highest BCUT2D eigenvalue weighted by Gasteiger charge is 2.32. The molecule has 2 aliphatic rings. The lowest BCUT2D eigenvalue weighted by Gasteiger charge is -2.43. The molecule has 0 amide bonds. The average molecular weight is 254 g/mol. The first kappa shape index (κ1) is 14.3. The molecule has 1 N–H and O–H groups in total. The molecule has 0 aromatic heterocycles. The summed E-state index contributed by atoms with van der Waals surface area (Å²) >= 11 is 0. The fourth-order valence-corrected chi connectivity index (χ4v) is 3.58. The van der Waals surface area contributed by atoms with E-state index in [1.807, 2.05) is 7.11 Å². The molecule has 0 aromatic carbocycles. The van der Waals surface area contributed by atoms with E-state index in [0.29, 0.717) is 12.1 Å². The minimum atomic E-state index is 0.465. The Balaban J connectivity index is 1.90. The molecule has 106 valence electrons. The van der Waals surface area contributed by atoms with Gasteiger partial charge in [-0.1, -0.05) is 19.8 Å². The van der Waals surface area contributed by atoms with E-state index in [0.717, 1.165) is 12.6 Å². The van der Waals surface area contributed by atoms with Gasteiger partial charge < -0.3 is 10.1 Å². The predicted molar refractivity (Wildman–Crippen MR) is 75.9 cm³/mol. The van der Waals surface area contributed by atoms with E-state index >= 15 is 0 Å². The second-order valence-electron chi connectivity index (χ2n) is 5.91. The number of hydrogen-bond acceptors (Lipinski definition) is 3. The van der Waals surface area contributed by atoms with Crippen molar-refractivity contribution >= 4 is 0 Å². The van der Waals surface area contributed by atoms with E-state index in [-0.39, 0.29) is 0 Å². The Labute approximate surface area is 112 Å². The summed E-state index contributed by atoms with van der Waals surface area (Å²) in [5.41, 5.74) is 0. The molecule has 2 fully saturated rings. The molecule has 0 spiro atoms. The molecule has 3 unspecified atom stereocenters. The van der Waals surface area contributed by atoms with Crippen LogP contribution in [-0.2, 0) is 4.74 Å². The van der Waals surface area contributed by atoms with Crippen molar-refractivity contribution in [2.45, 2.75) is 70.1 Å². The van der Waals surface area contributed by atoms with E-state index in [9.17, 15) is 0 Å². The molecule has 1 aliphatic heterocycles. The van der Waals surface area contributed by atoms with Crippen LogP contribution < -0.4 is 5.32 Å². The summed E-state index contributed by atoms with van der Waals surface area (Å²) in [6.07, 6.45) is 9.79. The molecule has 1 aliphatic carbocycles. The summed E-state index contributed by atoms with van der Waals surface area (Å²) in [5, 5.41) is 3.77. The van der Waals surface area contributed by atoms with Gasteiger partial charge in [-0.25, -0.2) is 0 Å². The Hall–Kier alpha value is -0.120. The lowest BCUT2D eigenvalue weighted by atomic mass is 9.87. The van der Waals surface area contributed by atoms with Crippen molar-refractivity contribution in [1.29, 1.82) is 0 Å². The maximum Gasteiger partial charge on any atom is 0.0698 e. The van der Waals surface area contributed by atoms with Crippen LogP contribution in [0.1, 0.15) is 51.9 Å². The van der Waals surface area contributed by atoms with Crippen molar-refractivity contribution in [2.24, 2.45) is 0 Å². The van der Waals surface area contributed by atoms with Crippen LogP contribution in [0.25, 0.3) is 0 Å². The third kappa shape index (κ3) is 3.69. The van der Waals surface area contributed by atoms with Crippen LogP contribution in [0, 0.1) is 0 Å². The SMILES string of the molecule is CCCNC1CCCCC1N1CCCC(OC)C1. The Kier molecular flexibility index (Phi) is 5.93. The van der Waals surface area contributed by atoms with Crippen LogP contribution in [-0.4, -0.2) is 49.8 Å². The third-order valence-electron chi connectivity index (χ3n) is 4.60. The van der Waals surface area contributed by atoms with Crippen molar-refractivity contribution in [2.75, 3.05) is 26.7 Å². The molecule has 0 aromatic rings. The van der Waals surface area contributed by atoms with Crippen molar-refractivity contribution in [3.63, 3.8) is 0 Å². The number of likely N-dealkylation sites (tertiary alicyclic amines) is 1. The maximum atomic E-state index is 5.57. The number of nitrogens with one attached hydrogen (secondary N) is 1. The van der Waals surface area contributed by atoms with Crippen molar-refractivity contribution < 1.29 is 4.74 Å². The summed E-state index contributed by atoms with van der Waals surface area (Å²) in [6.45, 7) is 5.84. The molecule has 3 heteroatoms. The van der Waals surface area contributed by atoms with Gasteiger partial charge in [-0.3, -0.25) is 4.90 Å². The Morgan fingerprint density at radius 1 is 1.17 bits per heavy atom. The van der Waals surface area contributed by atoms with Gasteiger partial charge in [0.15, 0.2) is 0 Å². The highest BCUT2D eigenvalue weighted by atomic mass is 16.5. The van der Waals surface area contributed by atoms with Crippen molar-refractivity contribution in [3.05, 3.63) is 0 Å². The lowest BCUT2D eigenvalue weighted by molar-refractivity contribution is 0.000151. The molecular formula is C15H30N2O. The summed E-state index contributed by atoms with van der Waals surface area (Å²) in [6, 6.07) is 1.47. The van der Waals surface area contributed by atoms with E-state index < -0.39 is 0 Å². The normalized spacial score (nSPS) is 34.7. The highest BCUT2D eigenvalue weighted by molar-refractivity contribution is 4.90. The van der Waals surface area contributed by atoms with Gasteiger partial charge in [0.1, 0.15) is 0 Å². The molecule has 3 atom stereocenters. The first-order chi connectivity index (χ1) is 8.85. The lowest BCUT2D eigenvalue weighted by Crippen LogP contribution is -2.55. The number of nitrogens with zero attached hydrogens (tertiary/aromatic N) is 1. The zero-order valence-electron chi connectivity index (χ0n) is 12.2. The minimum Gasteiger partial charge on any atom is -0.380 e. The van der Waals surface area contributed by atoms with Gasteiger partial charge in [0.25, 0.3) is 0 Å². The van der Waals surface area contributed by atoms with E-state index in [1.165, 1.54) is 58.0 Å². The maximum absolute atomic E-state index is 5.57. The summed E-state index contributed by atoms with van der Waals surface area (Å²) in [4.78, 5) is 2.70. The predicted octanol–water partition coefficient (Wildman–Crippen LogP) is 2.41. The van der Waals surface area contributed by atoms with E-state index in [4.69, 9.17) is 4.74 Å². The van der Waals surface area contributed by atoms with Gasteiger partial charge in [0, 0.05) is 25.7 Å². The number of piperidine rings is 1. The topological polar surface area (TPSA) is 24.5 Å². The van der Waals surface area contributed by atoms with Gasteiger partial charge >= 0.3 is 0 Å². The summed E-state index contributed by atoms with van der Waals surface area (Å²) < 4.78 is 5.57. The molecule has 1 saturated carbocycles. The fraction of sp³-hybridized carbons (Fsp3) is 1.00. The molecule has 1 saturated heterocycles. The van der Waals surface area contributed by atoms with Crippen molar-refractivity contribution in [3.8, 4) is 0 Å². The highest BCUT2D eigenvalue weighted by Crippen LogP contribution is 2.26. The number of rotatable bonds is 5. The van der Waals surface area contributed by atoms with Crippen LogP contribution in [0.3, 0.4) is 0 Å². The zero-order valence-corrected chi connectivity index (χ0v) is 12.2. The fourth-order valence-electron chi connectivity index (χ4n) is 3.58. The van der Waals surface area contributed by atoms with Crippen LogP contribution >= 0.6 is 0 Å². The van der Waals surface area contributed by atoms with Crippen LogP contribution in [0.15, 0.2) is 0 Å². The molecule has 1 heterocycles. The van der Waals surface area contributed by atoms with Gasteiger partial charge in [-0.15, -0.1) is 0 Å². The monoisotopic (exact) mass is 254 g/mol. The quantitative estimate of drug-likeness (QED) is 0.815. The third-order valence-corrected chi connectivity index (χ3v) is 4.60. The second kappa shape index (κ2) is 7.46. The van der Waals surface area contributed by atoms with Crippen LogP contribution in [0.2, 0.25) is 0 Å². The Morgan fingerprint density at radius 3 is 2.78 bits per heavy atom. The zero-order chi connectivity index (χ0) is 12.8. The minimum absolute atomic E-state index is 0.465. The standard InChI is InChI=1S/C15H30N2O/c1-3-10-16-14-8-4-5-9-15(14)17-11-6-7-13(12-17)18-2/h13-16H,3-12H2,1-2H3. The second-order valence-corrected chi connectivity index (χ2v) is 5.91. The van der Waals surface area contributed by atoms with Gasteiger partial charge in [0.2, 0.25) is 0 Å². The number of hydrogen-bond donors (Lipinski definition) is 1. The molecule has 3 nitrogen and oxygen atoms in total. The molecule has 2 rings (SSSR count). The van der Waals surface area contributed by atoms with E-state index in [2.05, 4.69) is 17.1 Å². The average Bonchev–Trinajstić information content (AvgIpc) is 2.45. The number of ether oxygens (including phenoxy) is 1. The molecule has 0 bridgehead atoms.